The van der Waals surface area contributed by atoms with Gasteiger partial charge in [-0.1, -0.05) is 12.1 Å². The molecule has 2 rings (SSSR count). The number of carbonyl (C=O) groups is 2. The quantitative estimate of drug-likeness (QED) is 0.787. The van der Waals surface area contributed by atoms with Gasteiger partial charge in [0.15, 0.2) is 0 Å². The lowest BCUT2D eigenvalue weighted by Gasteiger charge is -2.33. The average Bonchev–Trinajstić information content (AvgIpc) is 2.47. The predicted octanol–water partition coefficient (Wildman–Crippen LogP) is 1.58. The van der Waals surface area contributed by atoms with Gasteiger partial charge < -0.3 is 21.7 Å². The van der Waals surface area contributed by atoms with Crippen LogP contribution in [0.15, 0.2) is 24.3 Å². The molecule has 0 spiro atoms. The van der Waals surface area contributed by atoms with Gasteiger partial charge in [-0.25, -0.2) is 4.79 Å². The summed E-state index contributed by atoms with van der Waals surface area (Å²) in [5.74, 6) is -0.447. The van der Waals surface area contributed by atoms with Crippen LogP contribution in [0.1, 0.15) is 37.8 Å². The van der Waals surface area contributed by atoms with E-state index >= 15 is 0 Å². The summed E-state index contributed by atoms with van der Waals surface area (Å²) >= 11 is 0. The van der Waals surface area contributed by atoms with Crippen LogP contribution in [0, 0.1) is 0 Å². The standard InChI is InChI=1S/C15H22N4O2/c1-10(16)11-5-7-12(8-6-11)18-15(21)19-9-3-2-4-13(19)14(17)20/h5-8,10,13H,2-4,9,16H2,1H3,(H2,17,20)(H,18,21). The summed E-state index contributed by atoms with van der Waals surface area (Å²) in [4.78, 5) is 25.2. The molecule has 1 heterocycles. The molecule has 3 amide bonds. The van der Waals surface area contributed by atoms with Crippen LogP contribution in [0.5, 0.6) is 0 Å². The van der Waals surface area contributed by atoms with Gasteiger partial charge in [0.25, 0.3) is 0 Å². The molecule has 6 heteroatoms. The molecule has 0 saturated carbocycles. The van der Waals surface area contributed by atoms with Crippen molar-refractivity contribution in [1.82, 2.24) is 4.90 Å². The molecule has 2 atom stereocenters. The van der Waals surface area contributed by atoms with Crippen molar-refractivity contribution in [2.24, 2.45) is 11.5 Å². The smallest absolute Gasteiger partial charge is 0.322 e. The van der Waals surface area contributed by atoms with E-state index in [1.165, 1.54) is 4.90 Å². The summed E-state index contributed by atoms with van der Waals surface area (Å²) in [5, 5.41) is 2.80. The monoisotopic (exact) mass is 290 g/mol. The Morgan fingerprint density at radius 3 is 2.52 bits per heavy atom. The number of urea groups is 1. The van der Waals surface area contributed by atoms with Crippen LogP contribution in [-0.4, -0.2) is 29.4 Å². The highest BCUT2D eigenvalue weighted by Crippen LogP contribution is 2.19. The van der Waals surface area contributed by atoms with E-state index in [0.717, 1.165) is 18.4 Å². The Kier molecular flexibility index (Phi) is 4.80. The Balaban J connectivity index is 2.04. The zero-order valence-electron chi connectivity index (χ0n) is 12.2. The number of primary amides is 1. The van der Waals surface area contributed by atoms with Crippen molar-refractivity contribution < 1.29 is 9.59 Å². The van der Waals surface area contributed by atoms with Crippen molar-refractivity contribution >= 4 is 17.6 Å². The van der Waals surface area contributed by atoms with Crippen LogP contribution in [0.25, 0.3) is 0 Å². The fraction of sp³-hybridized carbons (Fsp3) is 0.467. The molecule has 0 aromatic heterocycles. The molecule has 1 aliphatic rings. The van der Waals surface area contributed by atoms with Gasteiger partial charge in [0, 0.05) is 18.3 Å². The number of nitrogens with one attached hydrogen (secondary N) is 1. The van der Waals surface area contributed by atoms with E-state index in [-0.39, 0.29) is 12.1 Å². The highest BCUT2D eigenvalue weighted by Gasteiger charge is 2.30. The number of amides is 3. The molecule has 0 radical (unpaired) electrons. The third-order valence-electron chi connectivity index (χ3n) is 3.78. The molecular formula is C15H22N4O2. The molecule has 1 aromatic carbocycles. The van der Waals surface area contributed by atoms with E-state index < -0.39 is 11.9 Å². The van der Waals surface area contributed by atoms with Gasteiger partial charge in [-0.15, -0.1) is 0 Å². The number of rotatable bonds is 3. The van der Waals surface area contributed by atoms with Gasteiger partial charge >= 0.3 is 6.03 Å². The number of piperidine rings is 1. The zero-order chi connectivity index (χ0) is 15.4. The molecule has 1 aromatic rings. The van der Waals surface area contributed by atoms with E-state index in [1.807, 2.05) is 19.1 Å². The molecule has 5 N–H and O–H groups in total. The van der Waals surface area contributed by atoms with E-state index in [4.69, 9.17) is 11.5 Å². The lowest BCUT2D eigenvalue weighted by Crippen LogP contribution is -2.51. The summed E-state index contributed by atoms with van der Waals surface area (Å²) in [6, 6.07) is 6.52. The number of anilines is 1. The predicted molar refractivity (Wildman–Crippen MR) is 81.6 cm³/mol. The van der Waals surface area contributed by atoms with Crippen LogP contribution >= 0.6 is 0 Å². The van der Waals surface area contributed by atoms with Gasteiger partial charge in [-0.05, 0) is 43.9 Å². The van der Waals surface area contributed by atoms with Crippen molar-refractivity contribution in [3.05, 3.63) is 29.8 Å². The van der Waals surface area contributed by atoms with E-state index in [2.05, 4.69) is 5.32 Å². The van der Waals surface area contributed by atoms with E-state index in [1.54, 1.807) is 12.1 Å². The van der Waals surface area contributed by atoms with Crippen LogP contribution < -0.4 is 16.8 Å². The molecule has 6 nitrogen and oxygen atoms in total. The minimum absolute atomic E-state index is 0.0453. The Labute approximate surface area is 124 Å². The van der Waals surface area contributed by atoms with Gasteiger partial charge in [0.05, 0.1) is 0 Å². The summed E-state index contributed by atoms with van der Waals surface area (Å²) in [5.41, 5.74) is 12.8. The van der Waals surface area contributed by atoms with Crippen LogP contribution in [0.2, 0.25) is 0 Å². The molecule has 1 fully saturated rings. The molecular weight excluding hydrogens is 268 g/mol. The molecule has 1 aliphatic heterocycles. The highest BCUT2D eigenvalue weighted by molar-refractivity contribution is 5.93. The van der Waals surface area contributed by atoms with Crippen molar-refractivity contribution in [3.8, 4) is 0 Å². The van der Waals surface area contributed by atoms with Gasteiger partial charge in [-0.3, -0.25) is 4.79 Å². The number of nitrogens with zero attached hydrogens (tertiary/aromatic N) is 1. The fourth-order valence-corrected chi connectivity index (χ4v) is 2.54. The first kappa shape index (κ1) is 15.3. The number of benzene rings is 1. The SMILES string of the molecule is CC(N)c1ccc(NC(=O)N2CCCCC2C(N)=O)cc1. The molecule has 114 valence electrons. The molecule has 0 bridgehead atoms. The maximum Gasteiger partial charge on any atom is 0.322 e. The lowest BCUT2D eigenvalue weighted by molar-refractivity contribution is -0.123. The summed E-state index contributed by atoms with van der Waals surface area (Å²) < 4.78 is 0. The lowest BCUT2D eigenvalue weighted by atomic mass is 10.0. The zero-order valence-corrected chi connectivity index (χ0v) is 12.2. The Bertz CT molecular complexity index is 513. The normalized spacial score (nSPS) is 19.9. The van der Waals surface area contributed by atoms with E-state index in [0.29, 0.717) is 18.7 Å². The van der Waals surface area contributed by atoms with Gasteiger partial charge in [-0.2, -0.15) is 0 Å². The first-order valence-corrected chi connectivity index (χ1v) is 7.21. The molecule has 21 heavy (non-hydrogen) atoms. The van der Waals surface area contributed by atoms with Crippen molar-refractivity contribution in [2.45, 2.75) is 38.3 Å². The second-order valence-electron chi connectivity index (χ2n) is 5.45. The first-order chi connectivity index (χ1) is 9.99. The molecule has 0 aliphatic carbocycles. The maximum atomic E-state index is 12.3. The van der Waals surface area contributed by atoms with Crippen LogP contribution in [0.4, 0.5) is 10.5 Å². The maximum absolute atomic E-state index is 12.3. The van der Waals surface area contributed by atoms with Crippen LogP contribution in [0.3, 0.4) is 0 Å². The topological polar surface area (TPSA) is 101 Å². The van der Waals surface area contributed by atoms with E-state index in [9.17, 15) is 9.59 Å². The average molecular weight is 290 g/mol. The first-order valence-electron chi connectivity index (χ1n) is 7.21. The molecule has 1 saturated heterocycles. The van der Waals surface area contributed by atoms with Crippen molar-refractivity contribution in [1.29, 1.82) is 0 Å². The van der Waals surface area contributed by atoms with Crippen molar-refractivity contribution in [3.63, 3.8) is 0 Å². The number of hydrogen-bond donors (Lipinski definition) is 3. The second kappa shape index (κ2) is 6.58. The number of likely N-dealkylation sites (tertiary alicyclic amines) is 1. The highest BCUT2D eigenvalue weighted by atomic mass is 16.2. The number of carbonyl (C=O) groups excluding carboxylic acids is 2. The Hall–Kier alpha value is -2.08. The molecule has 2 unspecified atom stereocenters. The summed E-state index contributed by atoms with van der Waals surface area (Å²) in [6.07, 6.45) is 2.44. The van der Waals surface area contributed by atoms with Gasteiger partial charge in [0.1, 0.15) is 6.04 Å². The number of hydrogen-bond acceptors (Lipinski definition) is 3. The van der Waals surface area contributed by atoms with Crippen LogP contribution in [-0.2, 0) is 4.79 Å². The third kappa shape index (κ3) is 3.72. The largest absolute Gasteiger partial charge is 0.368 e. The Morgan fingerprint density at radius 1 is 1.29 bits per heavy atom. The third-order valence-corrected chi connectivity index (χ3v) is 3.78. The minimum atomic E-state index is -0.512. The fourth-order valence-electron chi connectivity index (χ4n) is 2.54. The second-order valence-corrected chi connectivity index (χ2v) is 5.45. The number of nitrogens with two attached hydrogens (primary N) is 2. The summed E-state index contributed by atoms with van der Waals surface area (Å²) in [6.45, 7) is 2.45. The van der Waals surface area contributed by atoms with Gasteiger partial charge in [0.2, 0.25) is 5.91 Å². The van der Waals surface area contributed by atoms with Crippen molar-refractivity contribution in [2.75, 3.05) is 11.9 Å². The Morgan fingerprint density at radius 2 is 1.95 bits per heavy atom. The summed E-state index contributed by atoms with van der Waals surface area (Å²) in [7, 11) is 0. The minimum Gasteiger partial charge on any atom is -0.368 e.